The molecule has 1 aromatic heterocycles. The first-order valence-corrected chi connectivity index (χ1v) is 12.2. The fourth-order valence-corrected chi connectivity index (χ4v) is 6.65. The van der Waals surface area contributed by atoms with Crippen molar-refractivity contribution in [3.05, 3.63) is 57.1 Å². The van der Waals surface area contributed by atoms with E-state index in [-0.39, 0.29) is 29.1 Å². The van der Waals surface area contributed by atoms with Gasteiger partial charge in [-0.3, -0.25) is 9.36 Å². The van der Waals surface area contributed by atoms with Crippen LogP contribution in [0.5, 0.6) is 0 Å². The lowest BCUT2D eigenvalue weighted by Gasteiger charge is -2.18. The first kappa shape index (κ1) is 19.4. The predicted octanol–water partition coefficient (Wildman–Crippen LogP) is 2.38. The summed E-state index contributed by atoms with van der Waals surface area (Å²) in [5.41, 5.74) is 3.27. The SMILES string of the molecule is Cc1ccc(C(=O)CSc2nc(=O)n([C@@H]3CCS(=O)(=O)C3)c3c2CCC3)cc1. The number of fused-ring (bicyclic) bond motifs is 1. The molecule has 0 saturated carbocycles. The number of thioether (sulfide) groups is 1. The van der Waals surface area contributed by atoms with Gasteiger partial charge in [0.25, 0.3) is 0 Å². The van der Waals surface area contributed by atoms with Crippen molar-refractivity contribution in [2.45, 2.75) is 43.7 Å². The summed E-state index contributed by atoms with van der Waals surface area (Å²) in [6.07, 6.45) is 2.94. The quantitative estimate of drug-likeness (QED) is 0.421. The number of aryl methyl sites for hydroxylation is 1. The van der Waals surface area contributed by atoms with Gasteiger partial charge in [-0.2, -0.15) is 4.98 Å². The Morgan fingerprint density at radius 3 is 2.68 bits per heavy atom. The van der Waals surface area contributed by atoms with Crippen LogP contribution in [-0.4, -0.2) is 41.0 Å². The van der Waals surface area contributed by atoms with Gasteiger partial charge in [0.15, 0.2) is 15.6 Å². The molecule has 1 fully saturated rings. The monoisotopic (exact) mass is 418 g/mol. The third-order valence-corrected chi connectivity index (χ3v) is 8.20. The van der Waals surface area contributed by atoms with Crippen molar-refractivity contribution >= 4 is 27.4 Å². The van der Waals surface area contributed by atoms with Crippen LogP contribution in [0.4, 0.5) is 0 Å². The van der Waals surface area contributed by atoms with E-state index in [9.17, 15) is 18.0 Å². The maximum atomic E-state index is 12.7. The molecule has 0 bridgehead atoms. The number of Topliss-reactive ketones (excluding diaryl/α,β-unsaturated/α-hetero) is 1. The average Bonchev–Trinajstić information content (AvgIpc) is 3.26. The number of ketones is 1. The summed E-state index contributed by atoms with van der Waals surface area (Å²) in [5, 5.41) is 0.620. The predicted molar refractivity (Wildman–Crippen MR) is 109 cm³/mol. The van der Waals surface area contributed by atoms with E-state index in [1.807, 2.05) is 31.2 Å². The molecule has 1 aliphatic carbocycles. The van der Waals surface area contributed by atoms with Gasteiger partial charge < -0.3 is 0 Å². The molecular weight excluding hydrogens is 396 g/mol. The third kappa shape index (κ3) is 3.80. The van der Waals surface area contributed by atoms with Crippen molar-refractivity contribution in [2.75, 3.05) is 17.3 Å². The number of nitrogens with zero attached hydrogens (tertiary/aromatic N) is 2. The molecular formula is C20H22N2O4S2. The average molecular weight is 419 g/mol. The number of benzene rings is 1. The molecule has 0 unspecified atom stereocenters. The minimum atomic E-state index is -3.08. The van der Waals surface area contributed by atoms with Crippen LogP contribution in [0.3, 0.4) is 0 Å². The number of hydrogen-bond donors (Lipinski definition) is 0. The molecule has 0 N–H and O–H groups in total. The Bertz CT molecular complexity index is 1090. The van der Waals surface area contributed by atoms with E-state index < -0.39 is 15.5 Å². The van der Waals surface area contributed by atoms with Crippen LogP contribution in [-0.2, 0) is 22.7 Å². The zero-order valence-corrected chi connectivity index (χ0v) is 17.3. The highest BCUT2D eigenvalue weighted by Gasteiger charge is 2.33. The summed E-state index contributed by atoms with van der Waals surface area (Å²) >= 11 is 1.31. The number of sulfone groups is 1. The molecule has 8 heteroatoms. The number of rotatable bonds is 5. The van der Waals surface area contributed by atoms with Crippen LogP contribution in [0.2, 0.25) is 0 Å². The number of carbonyl (C=O) groups excluding carboxylic acids is 1. The van der Waals surface area contributed by atoms with Crippen molar-refractivity contribution in [3.8, 4) is 0 Å². The Labute approximate surface area is 168 Å². The first-order valence-electron chi connectivity index (χ1n) is 9.41. The molecule has 4 rings (SSSR count). The summed E-state index contributed by atoms with van der Waals surface area (Å²) in [4.78, 5) is 29.4. The topological polar surface area (TPSA) is 86.1 Å². The molecule has 1 aromatic carbocycles. The molecule has 2 heterocycles. The molecule has 28 heavy (non-hydrogen) atoms. The van der Waals surface area contributed by atoms with Crippen LogP contribution in [0.15, 0.2) is 34.1 Å². The van der Waals surface area contributed by atoms with Gasteiger partial charge in [0.1, 0.15) is 5.03 Å². The second-order valence-corrected chi connectivity index (χ2v) is 10.7. The van der Waals surface area contributed by atoms with Gasteiger partial charge in [-0.05, 0) is 32.6 Å². The fourth-order valence-electron chi connectivity index (χ4n) is 3.98. The molecule has 148 valence electrons. The lowest BCUT2D eigenvalue weighted by Crippen LogP contribution is -2.31. The molecule has 2 aliphatic rings. The second-order valence-electron chi connectivity index (χ2n) is 7.48. The summed E-state index contributed by atoms with van der Waals surface area (Å²) in [6, 6.07) is 7.13. The van der Waals surface area contributed by atoms with Crippen LogP contribution < -0.4 is 5.69 Å². The van der Waals surface area contributed by atoms with E-state index in [0.29, 0.717) is 17.0 Å². The Morgan fingerprint density at radius 1 is 1.25 bits per heavy atom. The summed E-state index contributed by atoms with van der Waals surface area (Å²) < 4.78 is 25.3. The third-order valence-electron chi connectivity index (χ3n) is 5.43. The van der Waals surface area contributed by atoms with E-state index >= 15 is 0 Å². The Balaban J connectivity index is 1.58. The van der Waals surface area contributed by atoms with Crippen LogP contribution in [0, 0.1) is 6.92 Å². The van der Waals surface area contributed by atoms with E-state index in [4.69, 9.17) is 0 Å². The zero-order chi connectivity index (χ0) is 19.9. The van der Waals surface area contributed by atoms with Crippen molar-refractivity contribution < 1.29 is 13.2 Å². The summed E-state index contributed by atoms with van der Waals surface area (Å²) in [6.45, 7) is 1.97. The molecule has 2 aromatic rings. The van der Waals surface area contributed by atoms with Crippen molar-refractivity contribution in [1.29, 1.82) is 0 Å². The summed E-state index contributed by atoms with van der Waals surface area (Å²) in [5.74, 6) is 0.369. The van der Waals surface area contributed by atoms with Gasteiger partial charge in [0.05, 0.1) is 23.3 Å². The second kappa shape index (κ2) is 7.48. The molecule has 1 aliphatic heterocycles. The molecule has 0 radical (unpaired) electrons. The molecule has 0 amide bonds. The molecule has 1 atom stereocenters. The lowest BCUT2D eigenvalue weighted by atomic mass is 10.1. The van der Waals surface area contributed by atoms with E-state index in [1.54, 1.807) is 4.57 Å². The van der Waals surface area contributed by atoms with E-state index in [0.717, 1.165) is 36.1 Å². The van der Waals surface area contributed by atoms with Crippen molar-refractivity contribution in [3.63, 3.8) is 0 Å². The molecule has 0 spiro atoms. The smallest absolute Gasteiger partial charge is 0.293 e. The number of aromatic nitrogens is 2. The summed E-state index contributed by atoms with van der Waals surface area (Å²) in [7, 11) is -3.08. The number of carbonyl (C=O) groups is 1. The fraction of sp³-hybridized carbons (Fsp3) is 0.450. The maximum absolute atomic E-state index is 12.7. The minimum Gasteiger partial charge on any atom is -0.293 e. The Hall–Kier alpha value is -1.93. The minimum absolute atomic E-state index is 0.00427. The van der Waals surface area contributed by atoms with Crippen LogP contribution in [0.1, 0.15) is 46.1 Å². The highest BCUT2D eigenvalue weighted by molar-refractivity contribution is 8.00. The standard InChI is InChI=1S/C20H22N2O4S2/c1-13-5-7-14(8-6-13)18(23)11-27-19-16-3-2-4-17(16)22(20(24)21-19)15-9-10-28(25,26)12-15/h5-8,15H,2-4,9-12H2,1H3/t15-/m1/s1. The van der Waals surface area contributed by atoms with Crippen molar-refractivity contribution in [2.24, 2.45) is 0 Å². The van der Waals surface area contributed by atoms with E-state index in [1.165, 1.54) is 11.8 Å². The number of hydrogen-bond acceptors (Lipinski definition) is 6. The lowest BCUT2D eigenvalue weighted by molar-refractivity contribution is 0.102. The van der Waals surface area contributed by atoms with Gasteiger partial charge in [0, 0.05) is 16.8 Å². The van der Waals surface area contributed by atoms with Crippen molar-refractivity contribution in [1.82, 2.24) is 9.55 Å². The van der Waals surface area contributed by atoms with Gasteiger partial charge in [-0.25, -0.2) is 13.2 Å². The largest absolute Gasteiger partial charge is 0.349 e. The Kier molecular flexibility index (Phi) is 5.18. The van der Waals surface area contributed by atoms with Crippen LogP contribution >= 0.6 is 11.8 Å². The van der Waals surface area contributed by atoms with Crippen LogP contribution in [0.25, 0.3) is 0 Å². The first-order chi connectivity index (χ1) is 13.3. The highest BCUT2D eigenvalue weighted by Crippen LogP contribution is 2.33. The van der Waals surface area contributed by atoms with E-state index in [2.05, 4.69) is 4.98 Å². The normalized spacial score (nSPS) is 20.2. The maximum Gasteiger partial charge on any atom is 0.349 e. The van der Waals surface area contributed by atoms with Gasteiger partial charge in [-0.1, -0.05) is 41.6 Å². The Morgan fingerprint density at radius 2 is 2.00 bits per heavy atom. The van der Waals surface area contributed by atoms with Gasteiger partial charge in [-0.15, -0.1) is 0 Å². The van der Waals surface area contributed by atoms with Gasteiger partial charge in [0.2, 0.25) is 0 Å². The molecule has 6 nitrogen and oxygen atoms in total. The molecule has 1 saturated heterocycles. The highest BCUT2D eigenvalue weighted by atomic mass is 32.2. The van der Waals surface area contributed by atoms with Gasteiger partial charge >= 0.3 is 5.69 Å². The zero-order valence-electron chi connectivity index (χ0n) is 15.7.